The van der Waals surface area contributed by atoms with Crippen LogP contribution < -0.4 is 4.74 Å². The van der Waals surface area contributed by atoms with Gasteiger partial charge in [-0.15, -0.1) is 0 Å². The summed E-state index contributed by atoms with van der Waals surface area (Å²) in [5, 5.41) is 0.694. The van der Waals surface area contributed by atoms with Crippen LogP contribution in [0.4, 0.5) is 0 Å². The average Bonchev–Trinajstić information content (AvgIpc) is 2.71. The van der Waals surface area contributed by atoms with Crippen molar-refractivity contribution in [2.75, 3.05) is 26.2 Å². The molecule has 0 spiro atoms. The second-order valence-electron chi connectivity index (χ2n) is 7.29. The Morgan fingerprint density at radius 1 is 1.14 bits per heavy atom. The van der Waals surface area contributed by atoms with Crippen LogP contribution in [0.15, 0.2) is 48.5 Å². The van der Waals surface area contributed by atoms with Gasteiger partial charge >= 0.3 is 0 Å². The van der Waals surface area contributed by atoms with E-state index in [1.807, 2.05) is 55.1 Å². The molecule has 1 saturated heterocycles. The largest absolute Gasteiger partial charge is 0.457 e. The molecular formula is C23H29ClN2O2. The quantitative estimate of drug-likeness (QED) is 0.639. The van der Waals surface area contributed by atoms with E-state index in [-0.39, 0.29) is 5.92 Å². The maximum Gasteiger partial charge on any atom is 0.226 e. The van der Waals surface area contributed by atoms with Crippen LogP contribution in [-0.4, -0.2) is 41.9 Å². The van der Waals surface area contributed by atoms with E-state index >= 15 is 0 Å². The molecule has 0 N–H and O–H groups in total. The van der Waals surface area contributed by atoms with Crippen molar-refractivity contribution in [3.05, 3.63) is 59.1 Å². The molecule has 0 radical (unpaired) electrons. The molecule has 2 aromatic rings. The van der Waals surface area contributed by atoms with Crippen LogP contribution in [-0.2, 0) is 11.3 Å². The summed E-state index contributed by atoms with van der Waals surface area (Å²) in [4.78, 5) is 17.0. The Balaban J connectivity index is 1.61. The van der Waals surface area contributed by atoms with Crippen molar-refractivity contribution in [3.63, 3.8) is 0 Å². The Kier molecular flexibility index (Phi) is 7.35. The zero-order chi connectivity index (χ0) is 19.9. The predicted molar refractivity (Wildman–Crippen MR) is 114 cm³/mol. The van der Waals surface area contributed by atoms with Crippen LogP contribution in [0.25, 0.3) is 0 Å². The molecule has 5 heteroatoms. The number of nitrogens with zero attached hydrogens (tertiary/aromatic N) is 2. The summed E-state index contributed by atoms with van der Waals surface area (Å²) in [5.41, 5.74) is 1.20. The van der Waals surface area contributed by atoms with E-state index in [4.69, 9.17) is 16.3 Å². The van der Waals surface area contributed by atoms with Crippen LogP contribution >= 0.6 is 11.6 Å². The van der Waals surface area contributed by atoms with Crippen LogP contribution in [0, 0.1) is 5.92 Å². The number of benzene rings is 2. The summed E-state index contributed by atoms with van der Waals surface area (Å²) in [6.07, 6.45) is 2.06. The molecule has 0 aliphatic carbocycles. The van der Waals surface area contributed by atoms with E-state index in [9.17, 15) is 4.79 Å². The summed E-state index contributed by atoms with van der Waals surface area (Å²) in [5.74, 6) is 1.99. The number of piperidine rings is 1. The van der Waals surface area contributed by atoms with Crippen molar-refractivity contribution >= 4 is 17.5 Å². The fourth-order valence-electron chi connectivity index (χ4n) is 3.80. The fraction of sp³-hybridized carbons (Fsp3) is 0.435. The number of likely N-dealkylation sites (tertiary alicyclic amines) is 1. The van der Waals surface area contributed by atoms with Crippen molar-refractivity contribution in [3.8, 4) is 11.5 Å². The molecule has 4 nitrogen and oxygen atoms in total. The highest BCUT2D eigenvalue weighted by Crippen LogP contribution is 2.25. The van der Waals surface area contributed by atoms with Gasteiger partial charge in [0, 0.05) is 31.2 Å². The number of carbonyl (C=O) groups is 1. The Labute approximate surface area is 173 Å². The topological polar surface area (TPSA) is 32.8 Å². The standard InChI is InChI=1S/C23H29ClN2O2/c1-3-26(4-2)23(27)19-8-6-14-25(17-19)16-18-7-5-9-22(15-18)28-21-12-10-20(24)11-13-21/h5,7,9-13,15,19H,3-4,6,8,14,16-17H2,1-2H3. The van der Waals surface area contributed by atoms with Gasteiger partial charge in [-0.25, -0.2) is 0 Å². The van der Waals surface area contributed by atoms with Gasteiger partial charge in [0.05, 0.1) is 5.92 Å². The van der Waals surface area contributed by atoms with Gasteiger partial charge in [-0.3, -0.25) is 9.69 Å². The molecule has 3 rings (SSSR count). The first-order chi connectivity index (χ1) is 13.6. The highest BCUT2D eigenvalue weighted by molar-refractivity contribution is 6.30. The third-order valence-electron chi connectivity index (χ3n) is 5.28. The SMILES string of the molecule is CCN(CC)C(=O)C1CCCN(Cc2cccc(Oc3ccc(Cl)cc3)c2)C1. The molecule has 0 aromatic heterocycles. The Morgan fingerprint density at radius 2 is 1.89 bits per heavy atom. The number of ether oxygens (including phenoxy) is 1. The van der Waals surface area contributed by atoms with Gasteiger partial charge in [-0.05, 0) is 75.2 Å². The number of halogens is 1. The zero-order valence-corrected chi connectivity index (χ0v) is 17.5. The highest BCUT2D eigenvalue weighted by Gasteiger charge is 2.28. The number of hydrogen-bond acceptors (Lipinski definition) is 3. The van der Waals surface area contributed by atoms with Crippen molar-refractivity contribution in [1.29, 1.82) is 0 Å². The second-order valence-corrected chi connectivity index (χ2v) is 7.72. The molecule has 1 aliphatic heterocycles. The number of amides is 1. The van der Waals surface area contributed by atoms with Gasteiger partial charge in [0.1, 0.15) is 11.5 Å². The summed E-state index contributed by atoms with van der Waals surface area (Å²) in [6.45, 7) is 8.37. The summed E-state index contributed by atoms with van der Waals surface area (Å²) in [7, 11) is 0. The van der Waals surface area contributed by atoms with E-state index in [1.54, 1.807) is 0 Å². The van der Waals surface area contributed by atoms with E-state index in [1.165, 1.54) is 5.56 Å². The molecule has 0 bridgehead atoms. The Morgan fingerprint density at radius 3 is 2.61 bits per heavy atom. The zero-order valence-electron chi connectivity index (χ0n) is 16.7. The minimum Gasteiger partial charge on any atom is -0.457 e. The third-order valence-corrected chi connectivity index (χ3v) is 5.54. The summed E-state index contributed by atoms with van der Waals surface area (Å²) < 4.78 is 5.95. The van der Waals surface area contributed by atoms with Gasteiger partial charge in [-0.2, -0.15) is 0 Å². The lowest BCUT2D eigenvalue weighted by molar-refractivity contribution is -0.137. The number of rotatable bonds is 7. The first-order valence-corrected chi connectivity index (χ1v) is 10.5. The molecule has 1 fully saturated rings. The average molecular weight is 401 g/mol. The fourth-order valence-corrected chi connectivity index (χ4v) is 3.92. The first-order valence-electron chi connectivity index (χ1n) is 10.1. The van der Waals surface area contributed by atoms with Crippen molar-refractivity contribution in [2.45, 2.75) is 33.2 Å². The summed E-state index contributed by atoms with van der Waals surface area (Å²) >= 11 is 5.93. The summed E-state index contributed by atoms with van der Waals surface area (Å²) in [6, 6.07) is 15.5. The minimum absolute atomic E-state index is 0.113. The van der Waals surface area contributed by atoms with E-state index < -0.39 is 0 Å². The maximum atomic E-state index is 12.7. The van der Waals surface area contributed by atoms with Crippen molar-refractivity contribution in [2.24, 2.45) is 5.92 Å². The van der Waals surface area contributed by atoms with E-state index in [0.717, 1.165) is 57.1 Å². The smallest absolute Gasteiger partial charge is 0.226 e. The lowest BCUT2D eigenvalue weighted by atomic mass is 9.96. The lowest BCUT2D eigenvalue weighted by Crippen LogP contribution is -2.44. The minimum atomic E-state index is 0.113. The molecule has 2 aromatic carbocycles. The molecule has 28 heavy (non-hydrogen) atoms. The van der Waals surface area contributed by atoms with Crippen LogP contribution in [0.2, 0.25) is 5.02 Å². The van der Waals surface area contributed by atoms with Gasteiger partial charge in [0.15, 0.2) is 0 Å². The molecule has 1 amide bonds. The van der Waals surface area contributed by atoms with E-state index in [0.29, 0.717) is 10.9 Å². The van der Waals surface area contributed by atoms with Crippen molar-refractivity contribution in [1.82, 2.24) is 9.80 Å². The molecule has 1 aliphatic rings. The number of hydrogen-bond donors (Lipinski definition) is 0. The van der Waals surface area contributed by atoms with Gasteiger partial charge in [0.25, 0.3) is 0 Å². The molecule has 1 unspecified atom stereocenters. The van der Waals surface area contributed by atoms with Gasteiger partial charge in [0.2, 0.25) is 5.91 Å². The Bertz CT molecular complexity index is 774. The highest BCUT2D eigenvalue weighted by atomic mass is 35.5. The molecule has 1 heterocycles. The molecule has 150 valence electrons. The Hall–Kier alpha value is -2.04. The maximum absolute atomic E-state index is 12.7. The second kappa shape index (κ2) is 9.94. The molecular weight excluding hydrogens is 372 g/mol. The van der Waals surface area contributed by atoms with Gasteiger partial charge in [-0.1, -0.05) is 23.7 Å². The van der Waals surface area contributed by atoms with E-state index in [2.05, 4.69) is 17.0 Å². The molecule has 0 saturated carbocycles. The predicted octanol–water partition coefficient (Wildman–Crippen LogP) is 5.21. The van der Waals surface area contributed by atoms with Crippen LogP contribution in [0.5, 0.6) is 11.5 Å². The lowest BCUT2D eigenvalue weighted by Gasteiger charge is -2.34. The first kappa shape index (κ1) is 20.7. The molecule has 1 atom stereocenters. The van der Waals surface area contributed by atoms with Crippen LogP contribution in [0.1, 0.15) is 32.3 Å². The van der Waals surface area contributed by atoms with Crippen molar-refractivity contribution < 1.29 is 9.53 Å². The third kappa shape index (κ3) is 5.49. The number of carbonyl (C=O) groups excluding carboxylic acids is 1. The normalized spacial score (nSPS) is 17.3. The monoisotopic (exact) mass is 400 g/mol. The van der Waals surface area contributed by atoms with Gasteiger partial charge < -0.3 is 9.64 Å². The van der Waals surface area contributed by atoms with Crippen LogP contribution in [0.3, 0.4) is 0 Å².